The molecule has 0 unspecified atom stereocenters. The first-order valence-electron chi connectivity index (χ1n) is 9.08. The van der Waals surface area contributed by atoms with Crippen LogP contribution in [0.5, 0.6) is 0 Å². The molecule has 2 aromatic rings. The van der Waals surface area contributed by atoms with Crippen LogP contribution < -0.4 is 4.72 Å². The maximum atomic E-state index is 13.0. The van der Waals surface area contributed by atoms with Crippen LogP contribution in [0.3, 0.4) is 0 Å². The molecule has 1 aliphatic rings. The van der Waals surface area contributed by atoms with Crippen molar-refractivity contribution in [2.45, 2.75) is 36.0 Å². The highest BCUT2D eigenvalue weighted by molar-refractivity contribution is 7.98. The van der Waals surface area contributed by atoms with Crippen LogP contribution in [0.1, 0.15) is 35.2 Å². The Kier molecular flexibility index (Phi) is 6.58. The Morgan fingerprint density at radius 2 is 1.82 bits per heavy atom. The standard InChI is InChI=1S/C20H23ClN2O3S2/c1-14-6-7-15(12-18(14)21)22-28(25,26)16-8-9-19(27-2)17(13-16)20(24)23-10-4-3-5-11-23/h6-9,12-13,22H,3-5,10-11H2,1-2H3. The van der Waals surface area contributed by atoms with Gasteiger partial charge in [0, 0.05) is 23.0 Å². The van der Waals surface area contributed by atoms with Crippen LogP contribution >= 0.6 is 23.4 Å². The molecule has 0 saturated carbocycles. The van der Waals surface area contributed by atoms with Crippen molar-refractivity contribution in [2.24, 2.45) is 0 Å². The van der Waals surface area contributed by atoms with E-state index in [4.69, 9.17) is 11.6 Å². The number of amides is 1. The molecule has 1 aliphatic heterocycles. The molecule has 1 fully saturated rings. The van der Waals surface area contributed by atoms with Crippen molar-refractivity contribution in [3.8, 4) is 0 Å². The molecular formula is C20H23ClN2O3S2. The SMILES string of the molecule is CSc1ccc(S(=O)(=O)Nc2ccc(C)c(Cl)c2)cc1C(=O)N1CCCCC1. The number of benzene rings is 2. The third-order valence-corrected chi connectivity index (χ3v) is 7.36. The number of hydrogen-bond acceptors (Lipinski definition) is 4. The van der Waals surface area contributed by atoms with E-state index in [9.17, 15) is 13.2 Å². The average molecular weight is 439 g/mol. The first-order valence-corrected chi connectivity index (χ1v) is 12.2. The summed E-state index contributed by atoms with van der Waals surface area (Å²) in [4.78, 5) is 15.6. The van der Waals surface area contributed by atoms with Gasteiger partial charge in [-0.3, -0.25) is 9.52 Å². The first-order chi connectivity index (χ1) is 13.3. The van der Waals surface area contributed by atoms with Gasteiger partial charge >= 0.3 is 0 Å². The molecule has 1 N–H and O–H groups in total. The number of thioether (sulfide) groups is 1. The predicted molar refractivity (Wildman–Crippen MR) is 115 cm³/mol. The molecule has 8 heteroatoms. The summed E-state index contributed by atoms with van der Waals surface area (Å²) in [5.41, 5.74) is 1.68. The number of anilines is 1. The number of hydrogen-bond donors (Lipinski definition) is 1. The molecule has 1 heterocycles. The van der Waals surface area contributed by atoms with Crippen LogP contribution in [0, 0.1) is 6.92 Å². The van der Waals surface area contributed by atoms with Gasteiger partial charge in [-0.1, -0.05) is 17.7 Å². The molecular weight excluding hydrogens is 416 g/mol. The number of sulfonamides is 1. The van der Waals surface area contributed by atoms with Crippen LogP contribution in [-0.4, -0.2) is 38.6 Å². The van der Waals surface area contributed by atoms with E-state index in [1.807, 2.05) is 18.1 Å². The minimum absolute atomic E-state index is 0.0577. The van der Waals surface area contributed by atoms with Crippen molar-refractivity contribution in [1.29, 1.82) is 0 Å². The molecule has 0 bridgehead atoms. The van der Waals surface area contributed by atoms with Gasteiger partial charge in [-0.25, -0.2) is 8.42 Å². The van der Waals surface area contributed by atoms with E-state index in [0.717, 1.165) is 29.7 Å². The summed E-state index contributed by atoms with van der Waals surface area (Å²) < 4.78 is 28.3. The maximum absolute atomic E-state index is 13.0. The summed E-state index contributed by atoms with van der Waals surface area (Å²) in [6.07, 6.45) is 4.96. The average Bonchev–Trinajstić information content (AvgIpc) is 2.70. The highest BCUT2D eigenvalue weighted by Gasteiger charge is 2.24. The zero-order valence-corrected chi connectivity index (χ0v) is 18.3. The summed E-state index contributed by atoms with van der Waals surface area (Å²) >= 11 is 7.53. The van der Waals surface area contributed by atoms with Crippen molar-refractivity contribution >= 4 is 45.0 Å². The van der Waals surface area contributed by atoms with Crippen LogP contribution in [0.2, 0.25) is 5.02 Å². The highest BCUT2D eigenvalue weighted by atomic mass is 35.5. The third kappa shape index (κ3) is 4.64. The Morgan fingerprint density at radius 1 is 1.11 bits per heavy atom. The van der Waals surface area contributed by atoms with Gasteiger partial charge < -0.3 is 4.90 Å². The number of carbonyl (C=O) groups is 1. The largest absolute Gasteiger partial charge is 0.339 e. The molecule has 2 aromatic carbocycles. The van der Waals surface area contributed by atoms with Gasteiger partial charge in [0.05, 0.1) is 16.1 Å². The minimum Gasteiger partial charge on any atom is -0.339 e. The fourth-order valence-corrected chi connectivity index (χ4v) is 4.99. The summed E-state index contributed by atoms with van der Waals surface area (Å²) in [5.74, 6) is -0.112. The van der Waals surface area contributed by atoms with E-state index in [-0.39, 0.29) is 10.8 Å². The molecule has 5 nitrogen and oxygen atoms in total. The zero-order chi connectivity index (χ0) is 20.3. The summed E-state index contributed by atoms with van der Waals surface area (Å²) in [6, 6.07) is 9.68. The number of aryl methyl sites for hydroxylation is 1. The van der Waals surface area contributed by atoms with Gasteiger partial charge in [0.2, 0.25) is 0 Å². The number of nitrogens with one attached hydrogen (secondary N) is 1. The number of halogens is 1. The zero-order valence-electron chi connectivity index (χ0n) is 15.9. The van der Waals surface area contributed by atoms with E-state index >= 15 is 0 Å². The summed E-state index contributed by atoms with van der Waals surface area (Å²) in [7, 11) is -3.84. The van der Waals surface area contributed by atoms with Crippen molar-refractivity contribution < 1.29 is 13.2 Å². The molecule has 0 aromatic heterocycles. The Bertz CT molecular complexity index is 987. The second-order valence-electron chi connectivity index (χ2n) is 6.78. The molecule has 0 spiro atoms. The van der Waals surface area contributed by atoms with Crippen molar-refractivity contribution in [2.75, 3.05) is 24.1 Å². The number of rotatable bonds is 5. The van der Waals surface area contributed by atoms with Gasteiger partial charge in [0.1, 0.15) is 0 Å². The van der Waals surface area contributed by atoms with Crippen molar-refractivity contribution in [3.63, 3.8) is 0 Å². The normalized spacial score (nSPS) is 14.8. The molecule has 1 amide bonds. The number of carbonyl (C=O) groups excluding carboxylic acids is 1. The van der Waals surface area contributed by atoms with Gasteiger partial charge in [0.15, 0.2) is 0 Å². The van der Waals surface area contributed by atoms with Gasteiger partial charge in [-0.05, 0) is 68.3 Å². The third-order valence-electron chi connectivity index (χ3n) is 4.78. The topological polar surface area (TPSA) is 66.5 Å². The molecule has 150 valence electrons. The molecule has 0 radical (unpaired) electrons. The summed E-state index contributed by atoms with van der Waals surface area (Å²) in [6.45, 7) is 3.27. The van der Waals surface area contributed by atoms with Crippen molar-refractivity contribution in [3.05, 3.63) is 52.5 Å². The summed E-state index contributed by atoms with van der Waals surface area (Å²) in [5, 5.41) is 0.485. The van der Waals surface area contributed by atoms with Crippen LogP contribution in [0.4, 0.5) is 5.69 Å². The maximum Gasteiger partial charge on any atom is 0.261 e. The minimum atomic E-state index is -3.84. The fraction of sp³-hybridized carbons (Fsp3) is 0.350. The number of nitrogens with zero attached hydrogens (tertiary/aromatic N) is 1. The van der Waals surface area contributed by atoms with Crippen molar-refractivity contribution in [1.82, 2.24) is 4.90 Å². The van der Waals surface area contributed by atoms with Crippen LogP contribution in [-0.2, 0) is 10.0 Å². The lowest BCUT2D eigenvalue weighted by Crippen LogP contribution is -2.36. The fourth-order valence-electron chi connectivity index (χ4n) is 3.16. The number of piperidine rings is 1. The smallest absolute Gasteiger partial charge is 0.261 e. The number of likely N-dealkylation sites (tertiary alicyclic amines) is 1. The lowest BCUT2D eigenvalue weighted by molar-refractivity contribution is 0.0720. The van der Waals surface area contributed by atoms with E-state index in [0.29, 0.717) is 29.4 Å². The quantitative estimate of drug-likeness (QED) is 0.681. The Hall–Kier alpha value is -1.70. The monoisotopic (exact) mass is 438 g/mol. The lowest BCUT2D eigenvalue weighted by Gasteiger charge is -2.27. The molecule has 1 saturated heterocycles. The Labute approximate surface area is 175 Å². The molecule has 0 atom stereocenters. The second-order valence-corrected chi connectivity index (χ2v) is 9.72. The van der Waals surface area contributed by atoms with E-state index < -0.39 is 10.0 Å². The molecule has 3 rings (SSSR count). The Morgan fingerprint density at radius 3 is 2.46 bits per heavy atom. The lowest BCUT2D eigenvalue weighted by atomic mass is 10.1. The Balaban J connectivity index is 1.92. The van der Waals surface area contributed by atoms with Gasteiger partial charge in [-0.2, -0.15) is 0 Å². The van der Waals surface area contributed by atoms with E-state index in [1.54, 1.807) is 24.3 Å². The van der Waals surface area contributed by atoms with E-state index in [2.05, 4.69) is 4.72 Å². The van der Waals surface area contributed by atoms with Gasteiger partial charge in [-0.15, -0.1) is 11.8 Å². The molecule has 28 heavy (non-hydrogen) atoms. The molecule has 0 aliphatic carbocycles. The van der Waals surface area contributed by atoms with Crippen LogP contribution in [0.15, 0.2) is 46.2 Å². The van der Waals surface area contributed by atoms with Gasteiger partial charge in [0.25, 0.3) is 15.9 Å². The predicted octanol–water partition coefficient (Wildman–Crippen LogP) is 4.80. The second kappa shape index (κ2) is 8.76. The first kappa shape index (κ1) is 21.0. The highest BCUT2D eigenvalue weighted by Crippen LogP contribution is 2.28. The van der Waals surface area contributed by atoms with E-state index in [1.165, 1.54) is 23.9 Å². The van der Waals surface area contributed by atoms with Crippen LogP contribution in [0.25, 0.3) is 0 Å².